The van der Waals surface area contributed by atoms with Crippen LogP contribution >= 0.6 is 15.9 Å². The van der Waals surface area contributed by atoms with Crippen molar-refractivity contribution in [1.82, 2.24) is 4.98 Å². The Balaban J connectivity index is 2.11. The van der Waals surface area contributed by atoms with Gasteiger partial charge >= 0.3 is 5.69 Å². The molecule has 0 spiro atoms. The maximum Gasteiger partial charge on any atom is 0.311 e. The maximum atomic E-state index is 11.0. The first-order valence-corrected chi connectivity index (χ1v) is 7.20. The highest BCUT2D eigenvalue weighted by Crippen LogP contribution is 2.31. The van der Waals surface area contributed by atoms with Crippen molar-refractivity contribution in [3.8, 4) is 0 Å². The van der Waals surface area contributed by atoms with E-state index >= 15 is 0 Å². The van der Waals surface area contributed by atoms with Gasteiger partial charge in [-0.05, 0) is 40.0 Å². The molecule has 0 saturated heterocycles. The number of hydrogen-bond acceptors (Lipinski definition) is 5. The van der Waals surface area contributed by atoms with E-state index in [0.29, 0.717) is 23.2 Å². The number of nitrogens with two attached hydrogens (primary N) is 1. The van der Waals surface area contributed by atoms with Gasteiger partial charge in [0.05, 0.1) is 9.40 Å². The second kappa shape index (κ2) is 7.14. The fraction of sp³-hybridized carbons (Fsp3) is 0.214. The maximum absolute atomic E-state index is 11.0. The summed E-state index contributed by atoms with van der Waals surface area (Å²) in [5, 5.41) is 14.1. The van der Waals surface area contributed by atoms with Gasteiger partial charge in [-0.2, -0.15) is 0 Å². The molecule has 0 fully saturated rings. The zero-order chi connectivity index (χ0) is 15.2. The first kappa shape index (κ1) is 15.4. The molecule has 110 valence electrons. The molecule has 0 aliphatic carbocycles. The number of anilines is 1. The summed E-state index contributed by atoms with van der Waals surface area (Å²) < 4.78 is 0.566. The van der Waals surface area contributed by atoms with Gasteiger partial charge in [0.1, 0.15) is 11.9 Å². The SMILES string of the molecule is NCCc1ccc(CNc2c(Br)cncc2[N+](=O)[O-])cc1. The Morgan fingerprint density at radius 2 is 1.90 bits per heavy atom. The van der Waals surface area contributed by atoms with Crippen molar-refractivity contribution in [3.63, 3.8) is 0 Å². The van der Waals surface area contributed by atoms with Crippen LogP contribution in [0.3, 0.4) is 0 Å². The molecular weight excluding hydrogens is 336 g/mol. The molecule has 2 aromatic rings. The first-order chi connectivity index (χ1) is 10.1. The molecule has 0 atom stereocenters. The van der Waals surface area contributed by atoms with E-state index in [9.17, 15) is 10.1 Å². The smallest absolute Gasteiger partial charge is 0.311 e. The lowest BCUT2D eigenvalue weighted by atomic mass is 10.1. The summed E-state index contributed by atoms with van der Waals surface area (Å²) in [4.78, 5) is 14.4. The summed E-state index contributed by atoms with van der Waals surface area (Å²) in [6, 6.07) is 8.00. The average molecular weight is 351 g/mol. The summed E-state index contributed by atoms with van der Waals surface area (Å²) in [7, 11) is 0. The highest BCUT2D eigenvalue weighted by atomic mass is 79.9. The fourth-order valence-electron chi connectivity index (χ4n) is 1.92. The third-order valence-corrected chi connectivity index (χ3v) is 3.60. The lowest BCUT2D eigenvalue weighted by Crippen LogP contribution is -2.05. The first-order valence-electron chi connectivity index (χ1n) is 6.41. The average Bonchev–Trinajstić information content (AvgIpc) is 2.47. The molecule has 1 aromatic heterocycles. The highest BCUT2D eigenvalue weighted by Gasteiger charge is 2.16. The molecule has 2 rings (SSSR count). The van der Waals surface area contributed by atoms with E-state index in [0.717, 1.165) is 12.0 Å². The standard InChI is InChI=1S/C14H15BrN4O2/c15-12-8-17-9-13(19(20)21)14(12)18-7-11-3-1-10(2-4-11)5-6-16/h1-4,8-9H,5-7,16H2,(H,17,18). The minimum absolute atomic E-state index is 0.0517. The number of halogens is 1. The quantitative estimate of drug-likeness (QED) is 0.617. The number of nitrogens with zero attached hydrogens (tertiary/aromatic N) is 2. The number of hydrogen-bond donors (Lipinski definition) is 2. The third kappa shape index (κ3) is 3.99. The van der Waals surface area contributed by atoms with Crippen molar-refractivity contribution in [1.29, 1.82) is 0 Å². The zero-order valence-electron chi connectivity index (χ0n) is 11.3. The minimum Gasteiger partial charge on any atom is -0.374 e. The van der Waals surface area contributed by atoms with Gasteiger partial charge in [0.15, 0.2) is 0 Å². The summed E-state index contributed by atoms with van der Waals surface area (Å²) in [6.45, 7) is 1.11. The molecule has 1 aromatic carbocycles. The molecular formula is C14H15BrN4O2. The van der Waals surface area contributed by atoms with E-state index in [1.165, 1.54) is 18.0 Å². The molecule has 0 unspecified atom stereocenters. The molecule has 21 heavy (non-hydrogen) atoms. The van der Waals surface area contributed by atoms with Gasteiger partial charge in [-0.1, -0.05) is 24.3 Å². The number of aromatic nitrogens is 1. The number of benzene rings is 1. The summed E-state index contributed by atoms with van der Waals surface area (Å²) in [5.74, 6) is 0. The Bertz CT molecular complexity index is 631. The molecule has 3 N–H and O–H groups in total. The summed E-state index contributed by atoms with van der Waals surface area (Å²) in [6.07, 6.45) is 3.60. The van der Waals surface area contributed by atoms with Crippen molar-refractivity contribution in [3.05, 3.63) is 62.4 Å². The van der Waals surface area contributed by atoms with Crippen LogP contribution in [0.15, 0.2) is 41.1 Å². The molecule has 0 amide bonds. The monoisotopic (exact) mass is 350 g/mol. The lowest BCUT2D eigenvalue weighted by molar-refractivity contribution is -0.384. The Labute approximate surface area is 130 Å². The lowest BCUT2D eigenvalue weighted by Gasteiger charge is -2.09. The van der Waals surface area contributed by atoms with Crippen LogP contribution in [0.5, 0.6) is 0 Å². The Hall–Kier alpha value is -1.99. The van der Waals surface area contributed by atoms with E-state index < -0.39 is 4.92 Å². The molecule has 0 radical (unpaired) electrons. The minimum atomic E-state index is -0.454. The molecule has 1 heterocycles. The predicted octanol–water partition coefficient (Wildman–Crippen LogP) is 2.87. The van der Waals surface area contributed by atoms with Crippen LogP contribution < -0.4 is 11.1 Å². The van der Waals surface area contributed by atoms with Crippen LogP contribution in [0.2, 0.25) is 0 Å². The van der Waals surface area contributed by atoms with Crippen LogP contribution in [-0.2, 0) is 13.0 Å². The van der Waals surface area contributed by atoms with Crippen molar-refractivity contribution < 1.29 is 4.92 Å². The molecule has 6 nitrogen and oxygen atoms in total. The van der Waals surface area contributed by atoms with E-state index in [1.54, 1.807) is 0 Å². The van der Waals surface area contributed by atoms with Gasteiger partial charge in [0.25, 0.3) is 0 Å². The molecule has 0 aliphatic rings. The van der Waals surface area contributed by atoms with Crippen molar-refractivity contribution >= 4 is 27.3 Å². The van der Waals surface area contributed by atoms with Crippen molar-refractivity contribution in [2.45, 2.75) is 13.0 Å². The van der Waals surface area contributed by atoms with Crippen LogP contribution in [0.25, 0.3) is 0 Å². The fourth-order valence-corrected chi connectivity index (χ4v) is 2.38. The zero-order valence-corrected chi connectivity index (χ0v) is 12.8. The number of nitrogens with one attached hydrogen (secondary N) is 1. The van der Waals surface area contributed by atoms with Crippen LogP contribution in [0.1, 0.15) is 11.1 Å². The molecule has 0 bridgehead atoms. The van der Waals surface area contributed by atoms with Gasteiger partial charge in [-0.15, -0.1) is 0 Å². The van der Waals surface area contributed by atoms with Gasteiger partial charge in [-0.3, -0.25) is 15.1 Å². The van der Waals surface area contributed by atoms with Gasteiger partial charge in [0, 0.05) is 12.7 Å². The molecule has 0 saturated carbocycles. The largest absolute Gasteiger partial charge is 0.374 e. The van der Waals surface area contributed by atoms with Crippen molar-refractivity contribution in [2.24, 2.45) is 5.73 Å². The van der Waals surface area contributed by atoms with E-state index in [2.05, 4.69) is 26.2 Å². The molecule has 0 aliphatic heterocycles. The Morgan fingerprint density at radius 3 is 2.52 bits per heavy atom. The van der Waals surface area contributed by atoms with Crippen molar-refractivity contribution in [2.75, 3.05) is 11.9 Å². The second-order valence-corrected chi connectivity index (χ2v) is 5.34. The van der Waals surface area contributed by atoms with Gasteiger partial charge in [-0.25, -0.2) is 0 Å². The van der Waals surface area contributed by atoms with Crippen LogP contribution in [0.4, 0.5) is 11.4 Å². The summed E-state index contributed by atoms with van der Waals surface area (Å²) in [5.41, 5.74) is 8.10. The summed E-state index contributed by atoms with van der Waals surface area (Å²) >= 11 is 3.28. The molecule has 7 heteroatoms. The second-order valence-electron chi connectivity index (χ2n) is 4.48. The Morgan fingerprint density at radius 1 is 1.24 bits per heavy atom. The topological polar surface area (TPSA) is 94.1 Å². The van der Waals surface area contributed by atoms with E-state index in [4.69, 9.17) is 5.73 Å². The number of nitro groups is 1. The van der Waals surface area contributed by atoms with Gasteiger partial charge < -0.3 is 11.1 Å². The van der Waals surface area contributed by atoms with E-state index in [-0.39, 0.29) is 5.69 Å². The van der Waals surface area contributed by atoms with E-state index in [1.807, 2.05) is 24.3 Å². The normalized spacial score (nSPS) is 10.4. The number of rotatable bonds is 6. The van der Waals surface area contributed by atoms with Crippen LogP contribution in [0, 0.1) is 10.1 Å². The van der Waals surface area contributed by atoms with Crippen LogP contribution in [-0.4, -0.2) is 16.5 Å². The number of pyridine rings is 1. The highest BCUT2D eigenvalue weighted by molar-refractivity contribution is 9.10. The van der Waals surface area contributed by atoms with Gasteiger partial charge in [0.2, 0.25) is 0 Å². The third-order valence-electron chi connectivity index (χ3n) is 3.00. The Kier molecular flexibility index (Phi) is 5.24. The predicted molar refractivity (Wildman–Crippen MR) is 85.1 cm³/mol.